The highest BCUT2D eigenvalue weighted by Gasteiger charge is 2.30. The van der Waals surface area contributed by atoms with Gasteiger partial charge in [-0.25, -0.2) is 4.79 Å². The Kier molecular flexibility index (Phi) is 6.54. The van der Waals surface area contributed by atoms with E-state index < -0.39 is 17.7 Å². The zero-order valence-electron chi connectivity index (χ0n) is 19.9. The van der Waals surface area contributed by atoms with E-state index >= 15 is 0 Å². The first kappa shape index (κ1) is 24.1. The van der Waals surface area contributed by atoms with Crippen LogP contribution in [0.4, 0.5) is 13.2 Å². The number of hydrogen-bond donors (Lipinski definition) is 1. The predicted molar refractivity (Wildman–Crippen MR) is 136 cm³/mol. The number of carbonyl (C=O) groups is 1. The Labute approximate surface area is 207 Å². The SMILES string of the molecule is COC(=O)c1cc(-c2ccc(C3CCNCC3)cc2)c2ccc(-c3ccc(C(F)(F)F)cc3)cc2c1. The topological polar surface area (TPSA) is 38.3 Å². The van der Waals surface area contributed by atoms with Gasteiger partial charge in [0.05, 0.1) is 18.2 Å². The molecule has 0 bridgehead atoms. The minimum Gasteiger partial charge on any atom is -0.465 e. The standard InChI is InChI=1S/C30H26F3NO2/c1-36-29(35)25-17-24-16-23(20-6-9-26(10-7-20)30(31,32)33)8-11-27(24)28(18-25)22-4-2-19(3-5-22)21-12-14-34-15-13-21/h2-11,16-18,21,34H,12-15H2,1H3. The fourth-order valence-corrected chi connectivity index (χ4v) is 4.97. The first-order chi connectivity index (χ1) is 17.3. The predicted octanol–water partition coefficient (Wildman–Crippen LogP) is 7.45. The van der Waals surface area contributed by atoms with E-state index in [0.717, 1.165) is 65.5 Å². The smallest absolute Gasteiger partial charge is 0.416 e. The average Bonchev–Trinajstić information content (AvgIpc) is 2.92. The molecule has 3 nitrogen and oxygen atoms in total. The molecule has 1 saturated heterocycles. The molecule has 1 aliphatic rings. The van der Waals surface area contributed by atoms with Gasteiger partial charge in [0.2, 0.25) is 0 Å². The van der Waals surface area contributed by atoms with Gasteiger partial charge in [-0.3, -0.25) is 0 Å². The molecule has 4 aromatic carbocycles. The van der Waals surface area contributed by atoms with E-state index in [-0.39, 0.29) is 0 Å². The fourth-order valence-electron chi connectivity index (χ4n) is 4.97. The lowest BCUT2D eigenvalue weighted by molar-refractivity contribution is -0.137. The summed E-state index contributed by atoms with van der Waals surface area (Å²) in [5, 5.41) is 5.16. The zero-order valence-corrected chi connectivity index (χ0v) is 19.9. The molecule has 0 amide bonds. The third-order valence-electron chi connectivity index (χ3n) is 6.95. The normalized spacial score (nSPS) is 14.7. The van der Waals surface area contributed by atoms with Crippen molar-refractivity contribution in [3.8, 4) is 22.3 Å². The molecule has 1 fully saturated rings. The zero-order chi connectivity index (χ0) is 25.3. The van der Waals surface area contributed by atoms with E-state index in [1.54, 1.807) is 6.07 Å². The van der Waals surface area contributed by atoms with Crippen molar-refractivity contribution >= 4 is 16.7 Å². The highest BCUT2D eigenvalue weighted by molar-refractivity contribution is 6.04. The lowest BCUT2D eigenvalue weighted by atomic mass is 9.88. The molecule has 0 radical (unpaired) electrons. The van der Waals surface area contributed by atoms with Gasteiger partial charge in [0.25, 0.3) is 0 Å². The molecule has 1 N–H and O–H groups in total. The number of fused-ring (bicyclic) bond motifs is 1. The Morgan fingerprint density at radius 3 is 2.11 bits per heavy atom. The molecule has 4 aromatic rings. The van der Waals surface area contributed by atoms with Crippen LogP contribution in [0.5, 0.6) is 0 Å². The van der Waals surface area contributed by atoms with Gasteiger partial charge < -0.3 is 10.1 Å². The highest BCUT2D eigenvalue weighted by atomic mass is 19.4. The van der Waals surface area contributed by atoms with E-state index in [0.29, 0.717) is 17.0 Å². The molecule has 36 heavy (non-hydrogen) atoms. The van der Waals surface area contributed by atoms with Gasteiger partial charge in [-0.15, -0.1) is 0 Å². The third kappa shape index (κ3) is 4.86. The number of rotatable bonds is 4. The van der Waals surface area contributed by atoms with Crippen LogP contribution in [0.3, 0.4) is 0 Å². The Hall–Kier alpha value is -3.64. The summed E-state index contributed by atoms with van der Waals surface area (Å²) in [6, 6.07) is 23.0. The third-order valence-corrected chi connectivity index (χ3v) is 6.95. The molecule has 184 valence electrons. The molecule has 0 unspecified atom stereocenters. The van der Waals surface area contributed by atoms with Crippen LogP contribution >= 0.6 is 0 Å². The van der Waals surface area contributed by atoms with Crippen LogP contribution in [0.2, 0.25) is 0 Å². The van der Waals surface area contributed by atoms with Crippen LogP contribution in [0, 0.1) is 0 Å². The highest BCUT2D eigenvalue weighted by Crippen LogP contribution is 2.36. The number of esters is 1. The van der Waals surface area contributed by atoms with Gasteiger partial charge >= 0.3 is 12.1 Å². The Morgan fingerprint density at radius 1 is 0.833 bits per heavy atom. The van der Waals surface area contributed by atoms with Crippen LogP contribution in [0.25, 0.3) is 33.0 Å². The van der Waals surface area contributed by atoms with Crippen molar-refractivity contribution in [2.75, 3.05) is 20.2 Å². The van der Waals surface area contributed by atoms with E-state index in [1.165, 1.54) is 24.8 Å². The minimum atomic E-state index is -4.38. The van der Waals surface area contributed by atoms with Crippen molar-refractivity contribution < 1.29 is 22.7 Å². The molecule has 6 heteroatoms. The van der Waals surface area contributed by atoms with Gasteiger partial charge in [0.15, 0.2) is 0 Å². The van der Waals surface area contributed by atoms with Gasteiger partial charge in [0, 0.05) is 0 Å². The molecule has 0 atom stereocenters. The minimum absolute atomic E-state index is 0.423. The summed E-state index contributed by atoms with van der Waals surface area (Å²) in [5.41, 5.74) is 4.39. The second kappa shape index (κ2) is 9.78. The average molecular weight is 490 g/mol. The molecule has 0 aromatic heterocycles. The maximum atomic E-state index is 13.0. The number of ether oxygens (including phenoxy) is 1. The van der Waals surface area contributed by atoms with Crippen molar-refractivity contribution in [3.05, 3.63) is 95.6 Å². The summed E-state index contributed by atoms with van der Waals surface area (Å²) in [5.74, 6) is 0.106. The van der Waals surface area contributed by atoms with Crippen molar-refractivity contribution in [1.29, 1.82) is 0 Å². The molecular formula is C30H26F3NO2. The van der Waals surface area contributed by atoms with Gasteiger partial charge in [-0.1, -0.05) is 48.5 Å². The van der Waals surface area contributed by atoms with Crippen LogP contribution < -0.4 is 5.32 Å². The molecule has 0 spiro atoms. The fraction of sp³-hybridized carbons (Fsp3) is 0.233. The lowest BCUT2D eigenvalue weighted by Crippen LogP contribution is -2.26. The molecule has 1 aliphatic heterocycles. The van der Waals surface area contributed by atoms with E-state index in [1.807, 2.05) is 24.3 Å². The second-order valence-electron chi connectivity index (χ2n) is 9.17. The van der Waals surface area contributed by atoms with E-state index in [9.17, 15) is 18.0 Å². The number of halogens is 3. The molecule has 1 heterocycles. The van der Waals surface area contributed by atoms with Crippen molar-refractivity contribution in [2.24, 2.45) is 0 Å². The van der Waals surface area contributed by atoms with E-state index in [2.05, 4.69) is 29.6 Å². The monoisotopic (exact) mass is 489 g/mol. The van der Waals surface area contributed by atoms with Crippen LogP contribution in [0.1, 0.15) is 40.2 Å². The van der Waals surface area contributed by atoms with Crippen molar-refractivity contribution in [3.63, 3.8) is 0 Å². The van der Waals surface area contributed by atoms with Crippen LogP contribution in [-0.4, -0.2) is 26.2 Å². The largest absolute Gasteiger partial charge is 0.465 e. The maximum absolute atomic E-state index is 13.0. The van der Waals surface area contributed by atoms with Crippen molar-refractivity contribution in [2.45, 2.75) is 24.9 Å². The molecule has 0 aliphatic carbocycles. The van der Waals surface area contributed by atoms with E-state index in [4.69, 9.17) is 4.74 Å². The summed E-state index contributed by atoms with van der Waals surface area (Å²) in [6.07, 6.45) is -2.14. The number of benzene rings is 4. The molecule has 5 rings (SSSR count). The van der Waals surface area contributed by atoms with Gasteiger partial charge in [-0.2, -0.15) is 13.2 Å². The summed E-state index contributed by atoms with van der Waals surface area (Å²) < 4.78 is 43.9. The van der Waals surface area contributed by atoms with Gasteiger partial charge in [0.1, 0.15) is 0 Å². The Morgan fingerprint density at radius 2 is 1.47 bits per heavy atom. The van der Waals surface area contributed by atoms with Crippen molar-refractivity contribution in [1.82, 2.24) is 5.32 Å². The van der Waals surface area contributed by atoms with Crippen LogP contribution in [-0.2, 0) is 10.9 Å². The Balaban J connectivity index is 1.56. The lowest BCUT2D eigenvalue weighted by Gasteiger charge is -2.23. The maximum Gasteiger partial charge on any atom is 0.416 e. The summed E-state index contributed by atoms with van der Waals surface area (Å²) in [6.45, 7) is 2.05. The first-order valence-electron chi connectivity index (χ1n) is 12.0. The number of alkyl halides is 3. The summed E-state index contributed by atoms with van der Waals surface area (Å²) in [7, 11) is 1.35. The van der Waals surface area contributed by atoms with Gasteiger partial charge in [-0.05, 0) is 101 Å². The summed E-state index contributed by atoms with van der Waals surface area (Å²) in [4.78, 5) is 12.5. The number of carbonyl (C=O) groups excluding carboxylic acids is 1. The number of methoxy groups -OCH3 is 1. The number of nitrogens with one attached hydrogen (secondary N) is 1. The Bertz CT molecular complexity index is 1390. The second-order valence-corrected chi connectivity index (χ2v) is 9.17. The quantitative estimate of drug-likeness (QED) is 0.303. The summed E-state index contributed by atoms with van der Waals surface area (Å²) >= 11 is 0. The molecular weight excluding hydrogens is 463 g/mol. The first-order valence-corrected chi connectivity index (χ1v) is 12.0. The molecule has 0 saturated carbocycles. The van der Waals surface area contributed by atoms with Crippen LogP contribution in [0.15, 0.2) is 78.9 Å². The number of piperidine rings is 1. The number of hydrogen-bond acceptors (Lipinski definition) is 3.